The average molecular weight is 1090 g/mol. The topological polar surface area (TPSA) is 78.9 Å². The molecule has 0 bridgehead atoms. The van der Waals surface area contributed by atoms with Gasteiger partial charge in [0.05, 0.1) is 0 Å². The molecule has 0 aromatic rings. The van der Waals surface area contributed by atoms with Gasteiger partial charge in [0.15, 0.2) is 6.10 Å². The summed E-state index contributed by atoms with van der Waals surface area (Å²) in [6, 6.07) is 0. The lowest BCUT2D eigenvalue weighted by Gasteiger charge is -2.18. The molecular formula is C73H118O6. The molecule has 0 saturated carbocycles. The molecule has 0 rings (SSSR count). The number of hydrogen-bond acceptors (Lipinski definition) is 6. The van der Waals surface area contributed by atoms with Crippen LogP contribution in [0.4, 0.5) is 0 Å². The Hall–Kier alpha value is -4.71. The van der Waals surface area contributed by atoms with Crippen LogP contribution < -0.4 is 0 Å². The molecule has 0 fully saturated rings. The molecule has 6 nitrogen and oxygen atoms in total. The van der Waals surface area contributed by atoms with Crippen LogP contribution in [-0.4, -0.2) is 37.2 Å². The van der Waals surface area contributed by atoms with Crippen LogP contribution in [0.15, 0.2) is 146 Å². The van der Waals surface area contributed by atoms with E-state index in [1.165, 1.54) is 70.6 Å². The van der Waals surface area contributed by atoms with Crippen molar-refractivity contribution in [1.82, 2.24) is 0 Å². The molecule has 0 spiro atoms. The Balaban J connectivity index is 4.42. The predicted molar refractivity (Wildman–Crippen MR) is 343 cm³/mol. The van der Waals surface area contributed by atoms with Crippen molar-refractivity contribution in [2.24, 2.45) is 0 Å². The minimum Gasteiger partial charge on any atom is -0.462 e. The van der Waals surface area contributed by atoms with Gasteiger partial charge in [-0.2, -0.15) is 0 Å². The standard InChI is InChI=1S/C73H118O6/c1-4-7-10-13-16-19-22-25-28-30-32-33-34-35-36-37-38-39-41-42-45-48-51-54-57-60-63-66-72(75)78-69-70(68-77-71(74)65-62-59-56-53-50-47-44-27-24-21-18-15-12-9-6-3)79-73(76)67-64-61-58-55-52-49-46-43-40-31-29-26-23-20-17-14-11-8-5-2/h7-8,10-11,16-21,25-29,32-33,35-36,38-40,43-44,70H,4-6,9,12-15,22-24,30-31,34,37,41-42,45-69H2,1-3H3/b10-7-,11-8-,19-16-,20-17-,21-18-,28-25-,29-26-,33-32-,36-35-,39-38-,43-40-,44-27-. The summed E-state index contributed by atoms with van der Waals surface area (Å²) in [4.78, 5) is 38.4. The van der Waals surface area contributed by atoms with Crippen molar-refractivity contribution in [1.29, 1.82) is 0 Å². The van der Waals surface area contributed by atoms with Gasteiger partial charge in [0.1, 0.15) is 13.2 Å². The Morgan fingerprint density at radius 2 is 0.494 bits per heavy atom. The third-order valence-electron chi connectivity index (χ3n) is 13.3. The van der Waals surface area contributed by atoms with Gasteiger partial charge >= 0.3 is 17.9 Å². The molecule has 446 valence electrons. The van der Waals surface area contributed by atoms with Crippen molar-refractivity contribution in [3.05, 3.63) is 146 Å². The maximum Gasteiger partial charge on any atom is 0.306 e. The summed E-state index contributed by atoms with van der Waals surface area (Å²) in [5.41, 5.74) is 0. The van der Waals surface area contributed by atoms with Gasteiger partial charge in [-0.15, -0.1) is 0 Å². The van der Waals surface area contributed by atoms with Crippen molar-refractivity contribution in [2.45, 2.75) is 284 Å². The molecule has 0 N–H and O–H groups in total. The monoisotopic (exact) mass is 1090 g/mol. The first-order valence-electron chi connectivity index (χ1n) is 32.3. The van der Waals surface area contributed by atoms with Crippen LogP contribution in [0.3, 0.4) is 0 Å². The number of allylic oxidation sites excluding steroid dienone is 24. The Labute approximate surface area is 487 Å². The highest BCUT2D eigenvalue weighted by atomic mass is 16.6. The molecule has 1 unspecified atom stereocenters. The van der Waals surface area contributed by atoms with Gasteiger partial charge in [-0.05, 0) is 141 Å². The molecule has 0 aromatic carbocycles. The zero-order valence-electron chi connectivity index (χ0n) is 51.1. The predicted octanol–water partition coefficient (Wildman–Crippen LogP) is 22.3. The van der Waals surface area contributed by atoms with Crippen LogP contribution in [0.2, 0.25) is 0 Å². The highest BCUT2D eigenvalue weighted by Crippen LogP contribution is 2.15. The summed E-state index contributed by atoms with van der Waals surface area (Å²) >= 11 is 0. The first-order valence-corrected chi connectivity index (χ1v) is 32.3. The molecule has 1 atom stereocenters. The smallest absolute Gasteiger partial charge is 0.306 e. The van der Waals surface area contributed by atoms with Gasteiger partial charge in [-0.3, -0.25) is 14.4 Å². The Kier molecular flexibility index (Phi) is 61.9. The SMILES string of the molecule is CC/C=C\C/C=C\C/C=C\C/C=C\C/C=C\C/C=C\CCCCCCCCCCC(=O)OCC(COC(=O)CCCCCCC/C=C\C/C=C\CCCCC)OC(=O)CCCCCCCC/C=C\C/C=C\C/C=C\C/C=C\CC. The number of hydrogen-bond donors (Lipinski definition) is 0. The Bertz CT molecular complexity index is 1730. The fourth-order valence-electron chi connectivity index (χ4n) is 8.53. The van der Waals surface area contributed by atoms with Crippen LogP contribution in [0, 0.1) is 0 Å². The molecule has 0 aliphatic heterocycles. The highest BCUT2D eigenvalue weighted by Gasteiger charge is 2.19. The number of unbranched alkanes of at least 4 members (excludes halogenated alkanes) is 22. The van der Waals surface area contributed by atoms with Gasteiger partial charge in [0.25, 0.3) is 0 Å². The van der Waals surface area contributed by atoms with Crippen LogP contribution in [0.25, 0.3) is 0 Å². The van der Waals surface area contributed by atoms with Crippen molar-refractivity contribution < 1.29 is 28.6 Å². The minimum atomic E-state index is -0.803. The quantitative estimate of drug-likeness (QED) is 0.0261. The van der Waals surface area contributed by atoms with E-state index in [0.717, 1.165) is 167 Å². The lowest BCUT2D eigenvalue weighted by Crippen LogP contribution is -2.30. The van der Waals surface area contributed by atoms with Crippen molar-refractivity contribution in [2.75, 3.05) is 13.2 Å². The molecule has 79 heavy (non-hydrogen) atoms. The number of carbonyl (C=O) groups excluding carboxylic acids is 3. The molecule has 0 radical (unpaired) electrons. The molecule has 6 heteroatoms. The second-order valence-corrected chi connectivity index (χ2v) is 20.9. The largest absolute Gasteiger partial charge is 0.462 e. The van der Waals surface area contributed by atoms with Gasteiger partial charge < -0.3 is 14.2 Å². The van der Waals surface area contributed by atoms with Gasteiger partial charge in [0.2, 0.25) is 0 Å². The van der Waals surface area contributed by atoms with Crippen molar-refractivity contribution in [3.8, 4) is 0 Å². The van der Waals surface area contributed by atoms with E-state index in [0.29, 0.717) is 19.3 Å². The normalized spacial score (nSPS) is 13.1. The lowest BCUT2D eigenvalue weighted by molar-refractivity contribution is -0.167. The van der Waals surface area contributed by atoms with E-state index in [4.69, 9.17) is 14.2 Å². The summed E-state index contributed by atoms with van der Waals surface area (Å²) in [5.74, 6) is -0.933. The Morgan fingerprint density at radius 1 is 0.266 bits per heavy atom. The summed E-state index contributed by atoms with van der Waals surface area (Å²) < 4.78 is 16.9. The first-order chi connectivity index (χ1) is 39.0. The fourth-order valence-corrected chi connectivity index (χ4v) is 8.53. The van der Waals surface area contributed by atoms with Crippen molar-refractivity contribution in [3.63, 3.8) is 0 Å². The number of ether oxygens (including phenoxy) is 3. The molecule has 0 saturated heterocycles. The number of rotatable bonds is 57. The van der Waals surface area contributed by atoms with Gasteiger partial charge in [-0.25, -0.2) is 0 Å². The number of esters is 3. The van der Waals surface area contributed by atoms with E-state index in [2.05, 4.69) is 167 Å². The third-order valence-corrected chi connectivity index (χ3v) is 13.3. The third kappa shape index (κ3) is 64.0. The van der Waals surface area contributed by atoms with Crippen LogP contribution in [-0.2, 0) is 28.6 Å². The highest BCUT2D eigenvalue weighted by molar-refractivity contribution is 5.71. The van der Waals surface area contributed by atoms with E-state index >= 15 is 0 Å². The van der Waals surface area contributed by atoms with Crippen LogP contribution in [0.1, 0.15) is 278 Å². The van der Waals surface area contributed by atoms with E-state index in [-0.39, 0.29) is 31.1 Å². The zero-order valence-corrected chi connectivity index (χ0v) is 51.1. The molecule has 0 aromatic heterocycles. The van der Waals surface area contributed by atoms with E-state index in [1.54, 1.807) is 0 Å². The fraction of sp³-hybridized carbons (Fsp3) is 0.630. The maximum atomic E-state index is 12.9. The molecule has 0 heterocycles. The molecule has 0 amide bonds. The minimum absolute atomic E-state index is 0.0978. The van der Waals surface area contributed by atoms with Crippen LogP contribution >= 0.6 is 0 Å². The van der Waals surface area contributed by atoms with E-state index < -0.39 is 6.10 Å². The summed E-state index contributed by atoms with van der Waals surface area (Å²) in [5, 5.41) is 0. The van der Waals surface area contributed by atoms with E-state index in [1.807, 2.05) is 0 Å². The van der Waals surface area contributed by atoms with Gasteiger partial charge in [-0.1, -0.05) is 263 Å². The summed E-state index contributed by atoms with van der Waals surface area (Å²) in [7, 11) is 0. The number of carbonyl (C=O) groups is 3. The maximum absolute atomic E-state index is 12.9. The summed E-state index contributed by atoms with van der Waals surface area (Å²) in [6.45, 7) is 6.36. The van der Waals surface area contributed by atoms with Crippen LogP contribution in [0.5, 0.6) is 0 Å². The lowest BCUT2D eigenvalue weighted by atomic mass is 10.1. The first kappa shape index (κ1) is 74.3. The average Bonchev–Trinajstić information content (AvgIpc) is 3.45. The second kappa shape index (κ2) is 65.8. The summed E-state index contributed by atoms with van der Waals surface area (Å²) in [6.07, 6.45) is 94.1. The van der Waals surface area contributed by atoms with E-state index in [9.17, 15) is 14.4 Å². The molecule has 0 aliphatic rings. The second-order valence-electron chi connectivity index (χ2n) is 20.9. The van der Waals surface area contributed by atoms with Gasteiger partial charge in [0, 0.05) is 19.3 Å². The zero-order chi connectivity index (χ0) is 57.1. The Morgan fingerprint density at radius 3 is 0.772 bits per heavy atom. The van der Waals surface area contributed by atoms with Crippen molar-refractivity contribution >= 4 is 17.9 Å². The molecular weight excluding hydrogens is 973 g/mol. The molecule has 0 aliphatic carbocycles.